The Morgan fingerprint density at radius 3 is 2.23 bits per heavy atom. The highest BCUT2D eigenvalue weighted by molar-refractivity contribution is 9.10. The van der Waals surface area contributed by atoms with Gasteiger partial charge in [0.05, 0.1) is 0 Å². The minimum Gasteiger partial charge on any atom is -0.449 e. The zero-order chi connectivity index (χ0) is 21.1. The summed E-state index contributed by atoms with van der Waals surface area (Å²) in [6.07, 6.45) is -2.89. The second-order valence-electron chi connectivity index (χ2n) is 7.27. The third kappa shape index (κ3) is 4.26. The molecular weight excluding hydrogens is 446 g/mol. The maximum atomic E-state index is 12.2. The lowest BCUT2D eigenvalue weighted by molar-refractivity contribution is 0.0185. The van der Waals surface area contributed by atoms with Gasteiger partial charge in [0.15, 0.2) is 0 Å². The van der Waals surface area contributed by atoms with Gasteiger partial charge in [-0.2, -0.15) is 0 Å². The number of alkyl carbamates (subject to hydrolysis) is 1. The first-order valence-corrected chi connectivity index (χ1v) is 10.5. The van der Waals surface area contributed by atoms with Crippen molar-refractivity contribution in [2.75, 3.05) is 13.2 Å². The van der Waals surface area contributed by atoms with E-state index in [0.717, 1.165) is 26.7 Å². The zero-order valence-corrected chi connectivity index (χ0v) is 17.7. The molecule has 3 N–H and O–H groups in total. The van der Waals surface area contributed by atoms with Gasteiger partial charge in [0.2, 0.25) is 0 Å². The zero-order valence-electron chi connectivity index (χ0n) is 16.2. The molecule has 1 aliphatic carbocycles. The van der Waals surface area contributed by atoms with Crippen molar-refractivity contribution < 1.29 is 19.7 Å². The van der Waals surface area contributed by atoms with E-state index >= 15 is 0 Å². The highest BCUT2D eigenvalue weighted by Gasteiger charge is 2.29. The first kappa shape index (κ1) is 20.6. The number of halogens is 1. The molecule has 2 unspecified atom stereocenters. The molecule has 154 valence electrons. The van der Waals surface area contributed by atoms with E-state index < -0.39 is 18.3 Å². The number of carbonyl (C=O) groups is 1. The Kier molecular flexibility index (Phi) is 6.18. The van der Waals surface area contributed by atoms with Crippen molar-refractivity contribution in [3.63, 3.8) is 0 Å². The summed E-state index contributed by atoms with van der Waals surface area (Å²) in [4.78, 5) is 12.2. The molecule has 0 spiro atoms. The number of amides is 1. The summed E-state index contributed by atoms with van der Waals surface area (Å²) >= 11 is 3.34. The third-order valence-corrected chi connectivity index (χ3v) is 5.85. The van der Waals surface area contributed by atoms with E-state index in [9.17, 15) is 15.0 Å². The first-order valence-electron chi connectivity index (χ1n) is 9.75. The van der Waals surface area contributed by atoms with Crippen molar-refractivity contribution >= 4 is 22.0 Å². The van der Waals surface area contributed by atoms with Crippen LogP contribution < -0.4 is 5.32 Å². The van der Waals surface area contributed by atoms with Crippen molar-refractivity contribution in [2.45, 2.75) is 18.1 Å². The normalized spacial score (nSPS) is 14.5. The Morgan fingerprint density at radius 1 is 0.967 bits per heavy atom. The quantitative estimate of drug-likeness (QED) is 0.502. The number of carbonyl (C=O) groups excluding carboxylic acids is 1. The fraction of sp³-hybridized carbons (Fsp3) is 0.208. The lowest BCUT2D eigenvalue weighted by Gasteiger charge is -2.19. The van der Waals surface area contributed by atoms with Crippen molar-refractivity contribution in [1.82, 2.24) is 5.32 Å². The van der Waals surface area contributed by atoms with Crippen LogP contribution in [0.4, 0.5) is 4.79 Å². The van der Waals surface area contributed by atoms with Crippen LogP contribution in [-0.2, 0) is 4.74 Å². The SMILES string of the molecule is O=C(NCC(O)C(O)c1cccc(Br)c1)OCC1c2ccccc2-c2ccccc21. The number of hydrogen-bond donors (Lipinski definition) is 3. The fourth-order valence-corrected chi connectivity index (χ4v) is 4.28. The average molecular weight is 468 g/mol. The summed E-state index contributed by atoms with van der Waals surface area (Å²) in [6.45, 7) is 0.0779. The van der Waals surface area contributed by atoms with Crippen LogP contribution in [0.1, 0.15) is 28.7 Å². The van der Waals surface area contributed by atoms with E-state index in [2.05, 4.69) is 45.5 Å². The Labute approximate surface area is 183 Å². The Morgan fingerprint density at radius 2 is 1.60 bits per heavy atom. The number of aliphatic hydroxyl groups is 2. The average Bonchev–Trinajstić information content (AvgIpc) is 3.09. The van der Waals surface area contributed by atoms with Gasteiger partial charge in [-0.3, -0.25) is 0 Å². The van der Waals surface area contributed by atoms with E-state index in [-0.39, 0.29) is 19.1 Å². The minimum atomic E-state index is -1.15. The van der Waals surface area contributed by atoms with E-state index in [1.807, 2.05) is 30.3 Å². The molecule has 0 radical (unpaired) electrons. The van der Waals surface area contributed by atoms with E-state index in [1.165, 1.54) is 0 Å². The first-order chi connectivity index (χ1) is 14.5. The summed E-state index contributed by atoms with van der Waals surface area (Å²) in [7, 11) is 0. The number of rotatable bonds is 6. The molecule has 30 heavy (non-hydrogen) atoms. The van der Waals surface area contributed by atoms with Gasteiger partial charge in [0.1, 0.15) is 18.8 Å². The lowest BCUT2D eigenvalue weighted by atomic mass is 9.98. The molecule has 0 aromatic heterocycles. The topological polar surface area (TPSA) is 78.8 Å². The molecule has 0 heterocycles. The molecule has 0 saturated heterocycles. The van der Waals surface area contributed by atoms with Crippen LogP contribution in [0.25, 0.3) is 11.1 Å². The molecule has 0 aliphatic heterocycles. The Hall–Kier alpha value is -2.67. The second-order valence-corrected chi connectivity index (χ2v) is 8.19. The molecule has 0 saturated carbocycles. The van der Waals surface area contributed by atoms with Crippen molar-refractivity contribution in [3.8, 4) is 11.1 Å². The summed E-state index contributed by atoms with van der Waals surface area (Å²) in [5.41, 5.74) is 5.16. The highest BCUT2D eigenvalue weighted by atomic mass is 79.9. The van der Waals surface area contributed by atoms with E-state index in [0.29, 0.717) is 5.56 Å². The van der Waals surface area contributed by atoms with Gasteiger partial charge in [-0.1, -0.05) is 76.6 Å². The molecule has 0 fully saturated rings. The summed E-state index contributed by atoms with van der Waals surface area (Å²) in [5.74, 6) is -0.0275. The van der Waals surface area contributed by atoms with E-state index in [4.69, 9.17) is 4.74 Å². The number of benzene rings is 3. The molecule has 3 aromatic rings. The molecule has 6 heteroatoms. The smallest absolute Gasteiger partial charge is 0.407 e. The van der Waals surface area contributed by atoms with Gasteiger partial charge in [-0.05, 0) is 39.9 Å². The van der Waals surface area contributed by atoms with Gasteiger partial charge in [0, 0.05) is 16.9 Å². The van der Waals surface area contributed by atoms with Gasteiger partial charge < -0.3 is 20.3 Å². The van der Waals surface area contributed by atoms with Crippen LogP contribution in [0.2, 0.25) is 0 Å². The van der Waals surface area contributed by atoms with Crippen LogP contribution in [0.3, 0.4) is 0 Å². The summed E-state index contributed by atoms with van der Waals surface area (Å²) in [5, 5.41) is 23.0. The molecular formula is C24H22BrNO4. The molecule has 2 atom stereocenters. The number of nitrogens with one attached hydrogen (secondary N) is 1. The predicted molar refractivity (Wildman–Crippen MR) is 118 cm³/mol. The third-order valence-electron chi connectivity index (χ3n) is 5.35. The predicted octanol–water partition coefficient (Wildman–Crippen LogP) is 4.38. The number of fused-ring (bicyclic) bond motifs is 3. The monoisotopic (exact) mass is 467 g/mol. The van der Waals surface area contributed by atoms with Gasteiger partial charge >= 0.3 is 6.09 Å². The molecule has 0 bridgehead atoms. The van der Waals surface area contributed by atoms with Crippen LogP contribution in [-0.4, -0.2) is 35.6 Å². The van der Waals surface area contributed by atoms with Gasteiger partial charge in [0.25, 0.3) is 0 Å². The molecule has 1 aliphatic rings. The van der Waals surface area contributed by atoms with Gasteiger partial charge in [-0.15, -0.1) is 0 Å². The molecule has 3 aromatic carbocycles. The Bertz CT molecular complexity index is 1010. The van der Waals surface area contributed by atoms with Crippen molar-refractivity contribution in [2.24, 2.45) is 0 Å². The largest absolute Gasteiger partial charge is 0.449 e. The summed E-state index contributed by atoms with van der Waals surface area (Å²) in [6, 6.07) is 23.3. The highest BCUT2D eigenvalue weighted by Crippen LogP contribution is 2.44. The fourth-order valence-electron chi connectivity index (χ4n) is 3.86. The second kappa shape index (κ2) is 9.00. The number of aliphatic hydroxyl groups excluding tert-OH is 2. The standard InChI is InChI=1S/C24H22BrNO4/c25-16-7-5-6-15(12-16)23(28)22(27)13-26-24(29)30-14-21-19-10-3-1-8-17(19)18-9-2-4-11-20(18)21/h1-12,21-23,27-28H,13-14H2,(H,26,29). The minimum absolute atomic E-state index is 0.0275. The maximum Gasteiger partial charge on any atom is 0.407 e. The van der Waals surface area contributed by atoms with Gasteiger partial charge in [-0.25, -0.2) is 4.79 Å². The lowest BCUT2D eigenvalue weighted by Crippen LogP contribution is -2.36. The van der Waals surface area contributed by atoms with Crippen LogP contribution in [0.15, 0.2) is 77.3 Å². The van der Waals surface area contributed by atoms with Crippen LogP contribution >= 0.6 is 15.9 Å². The van der Waals surface area contributed by atoms with Crippen molar-refractivity contribution in [3.05, 3.63) is 94.0 Å². The number of hydrogen-bond acceptors (Lipinski definition) is 4. The molecule has 4 rings (SSSR count). The number of ether oxygens (including phenoxy) is 1. The van der Waals surface area contributed by atoms with E-state index in [1.54, 1.807) is 18.2 Å². The van der Waals surface area contributed by atoms with Crippen molar-refractivity contribution in [1.29, 1.82) is 0 Å². The molecule has 1 amide bonds. The van der Waals surface area contributed by atoms with Crippen LogP contribution in [0.5, 0.6) is 0 Å². The van der Waals surface area contributed by atoms with Crippen LogP contribution in [0, 0.1) is 0 Å². The molecule has 5 nitrogen and oxygen atoms in total. The summed E-state index contributed by atoms with van der Waals surface area (Å²) < 4.78 is 6.25. The Balaban J connectivity index is 1.34. The maximum absolute atomic E-state index is 12.2.